The van der Waals surface area contributed by atoms with Crippen molar-refractivity contribution in [1.82, 2.24) is 0 Å². The Balaban J connectivity index is 1.66. The summed E-state index contributed by atoms with van der Waals surface area (Å²) < 4.78 is 51.3. The molecule has 1 atom stereocenters. The molecule has 0 saturated carbocycles. The van der Waals surface area contributed by atoms with E-state index in [1.807, 2.05) is 12.1 Å². The van der Waals surface area contributed by atoms with Crippen molar-refractivity contribution < 1.29 is 22.3 Å². The van der Waals surface area contributed by atoms with Crippen molar-refractivity contribution in [3.8, 4) is 0 Å². The Kier molecular flexibility index (Phi) is 5.90. The summed E-state index contributed by atoms with van der Waals surface area (Å²) in [5.74, 6) is -0.512. The maximum absolute atomic E-state index is 13.0. The summed E-state index contributed by atoms with van der Waals surface area (Å²) in [7, 11) is -2.12. The fourth-order valence-corrected chi connectivity index (χ4v) is 4.30. The predicted molar refractivity (Wildman–Crippen MR) is 98.1 cm³/mol. The number of nitrogens with one attached hydrogen (secondary N) is 1. The molecule has 0 aliphatic carbocycles. The molecule has 1 N–H and O–H groups in total. The molecular formula is C19H22FNO4S. The molecule has 2 aromatic carbocycles. The largest absolute Gasteiger partial charge is 0.380 e. The molecule has 1 unspecified atom stereocenters. The number of rotatable bonds is 7. The van der Waals surface area contributed by atoms with Gasteiger partial charge in [-0.3, -0.25) is 4.72 Å². The van der Waals surface area contributed by atoms with Gasteiger partial charge in [0.1, 0.15) is 5.82 Å². The third-order valence-electron chi connectivity index (χ3n) is 4.37. The molecule has 1 heterocycles. The van der Waals surface area contributed by atoms with Gasteiger partial charge in [-0.05, 0) is 53.8 Å². The van der Waals surface area contributed by atoms with Crippen LogP contribution in [0.4, 0.5) is 10.1 Å². The van der Waals surface area contributed by atoms with Crippen LogP contribution in [0, 0.1) is 5.82 Å². The van der Waals surface area contributed by atoms with Crippen LogP contribution in [0.3, 0.4) is 0 Å². The van der Waals surface area contributed by atoms with Crippen LogP contribution in [0.25, 0.3) is 0 Å². The first-order chi connectivity index (χ1) is 12.4. The number of anilines is 1. The minimum absolute atomic E-state index is 0.186. The number of fused-ring (bicyclic) bond motifs is 1. The number of ether oxygens (including phenoxy) is 2. The molecule has 0 bridgehead atoms. The van der Waals surface area contributed by atoms with Gasteiger partial charge in [-0.2, -0.15) is 0 Å². The number of sulfonamides is 1. The Labute approximate surface area is 153 Å². The third-order valence-corrected chi connectivity index (χ3v) is 5.73. The van der Waals surface area contributed by atoms with Gasteiger partial charge in [-0.1, -0.05) is 18.2 Å². The van der Waals surface area contributed by atoms with Gasteiger partial charge in [0.25, 0.3) is 0 Å². The van der Waals surface area contributed by atoms with Crippen molar-refractivity contribution in [2.24, 2.45) is 0 Å². The van der Waals surface area contributed by atoms with Crippen molar-refractivity contribution in [2.75, 3.05) is 24.2 Å². The lowest BCUT2D eigenvalue weighted by Gasteiger charge is -2.19. The maximum atomic E-state index is 13.0. The zero-order chi connectivity index (χ0) is 18.6. The van der Waals surface area contributed by atoms with E-state index in [0.29, 0.717) is 25.3 Å². The lowest BCUT2D eigenvalue weighted by Crippen LogP contribution is -2.29. The Morgan fingerprint density at radius 1 is 1.19 bits per heavy atom. The molecular weight excluding hydrogens is 357 g/mol. The van der Waals surface area contributed by atoms with Crippen molar-refractivity contribution in [2.45, 2.75) is 25.6 Å². The fraction of sp³-hybridized carbons (Fsp3) is 0.368. The maximum Gasteiger partial charge on any atom is 0.235 e. The zero-order valence-corrected chi connectivity index (χ0v) is 15.4. The van der Waals surface area contributed by atoms with Gasteiger partial charge in [-0.15, -0.1) is 0 Å². The molecule has 0 amide bonds. The Hall–Kier alpha value is -1.96. The standard InChI is InChI=1S/C19H22FNO4S/c1-24-19(10-14-2-5-17(20)6-3-14)13-26(22,23)21-18-7-4-15-8-9-25-12-16(15)11-18/h2-7,11,19,21H,8-10,12-13H2,1H3. The minimum Gasteiger partial charge on any atom is -0.380 e. The van der Waals surface area contributed by atoms with E-state index in [0.717, 1.165) is 17.5 Å². The van der Waals surface area contributed by atoms with Crippen molar-refractivity contribution in [3.63, 3.8) is 0 Å². The van der Waals surface area contributed by atoms with Crippen molar-refractivity contribution >= 4 is 15.7 Å². The first-order valence-corrected chi connectivity index (χ1v) is 10.1. The van der Waals surface area contributed by atoms with E-state index >= 15 is 0 Å². The van der Waals surface area contributed by atoms with E-state index in [1.165, 1.54) is 24.8 Å². The van der Waals surface area contributed by atoms with E-state index < -0.39 is 16.1 Å². The molecule has 0 saturated heterocycles. The molecule has 140 valence electrons. The molecule has 1 aliphatic heterocycles. The molecule has 5 nitrogen and oxygen atoms in total. The normalized spacial score (nSPS) is 15.3. The third kappa shape index (κ3) is 5.03. The first-order valence-electron chi connectivity index (χ1n) is 8.42. The summed E-state index contributed by atoms with van der Waals surface area (Å²) in [6, 6.07) is 11.5. The highest BCUT2D eigenvalue weighted by molar-refractivity contribution is 7.92. The average molecular weight is 379 g/mol. The molecule has 0 spiro atoms. The second-order valence-corrected chi connectivity index (χ2v) is 8.12. The molecule has 3 rings (SSSR count). The van der Waals surface area contributed by atoms with Gasteiger partial charge >= 0.3 is 0 Å². The SMILES string of the molecule is COC(Cc1ccc(F)cc1)CS(=O)(=O)Nc1ccc2c(c1)COCC2. The summed E-state index contributed by atoms with van der Waals surface area (Å²) in [6.07, 6.45) is 0.695. The van der Waals surface area contributed by atoms with Crippen LogP contribution in [0.15, 0.2) is 42.5 Å². The number of methoxy groups -OCH3 is 1. The number of benzene rings is 2. The zero-order valence-electron chi connectivity index (χ0n) is 14.6. The van der Waals surface area contributed by atoms with Gasteiger partial charge in [0, 0.05) is 12.8 Å². The van der Waals surface area contributed by atoms with Crippen LogP contribution in [0.2, 0.25) is 0 Å². The monoisotopic (exact) mass is 379 g/mol. The van der Waals surface area contributed by atoms with E-state index in [1.54, 1.807) is 18.2 Å². The highest BCUT2D eigenvalue weighted by atomic mass is 32.2. The molecule has 0 aromatic heterocycles. The Morgan fingerprint density at radius 3 is 2.69 bits per heavy atom. The lowest BCUT2D eigenvalue weighted by molar-refractivity contribution is 0.111. The second kappa shape index (κ2) is 8.16. The highest BCUT2D eigenvalue weighted by Gasteiger charge is 2.20. The van der Waals surface area contributed by atoms with Gasteiger partial charge in [0.15, 0.2) is 0 Å². The van der Waals surface area contributed by atoms with Crippen LogP contribution < -0.4 is 4.72 Å². The smallest absolute Gasteiger partial charge is 0.235 e. The summed E-state index contributed by atoms with van der Waals surface area (Å²) >= 11 is 0. The number of hydrogen-bond acceptors (Lipinski definition) is 4. The Morgan fingerprint density at radius 2 is 1.96 bits per heavy atom. The average Bonchev–Trinajstić information content (AvgIpc) is 2.62. The summed E-state index contributed by atoms with van der Waals surface area (Å²) in [5.41, 5.74) is 3.53. The minimum atomic E-state index is -3.59. The lowest BCUT2D eigenvalue weighted by atomic mass is 10.0. The summed E-state index contributed by atoms with van der Waals surface area (Å²) in [4.78, 5) is 0. The topological polar surface area (TPSA) is 64.6 Å². The van der Waals surface area contributed by atoms with Crippen molar-refractivity contribution in [3.05, 3.63) is 65.0 Å². The fourth-order valence-electron chi connectivity index (χ4n) is 2.99. The molecule has 0 radical (unpaired) electrons. The predicted octanol–water partition coefficient (Wildman–Crippen LogP) is 2.90. The molecule has 2 aromatic rings. The first kappa shape index (κ1) is 18.8. The quantitative estimate of drug-likeness (QED) is 0.803. The van der Waals surface area contributed by atoms with Crippen LogP contribution in [-0.4, -0.2) is 34.0 Å². The van der Waals surface area contributed by atoms with Crippen LogP contribution in [-0.2, 0) is 38.9 Å². The number of halogens is 1. The van der Waals surface area contributed by atoms with Crippen molar-refractivity contribution in [1.29, 1.82) is 0 Å². The molecule has 26 heavy (non-hydrogen) atoms. The van der Waals surface area contributed by atoms with Gasteiger partial charge in [0.2, 0.25) is 10.0 Å². The van der Waals surface area contributed by atoms with E-state index in [9.17, 15) is 12.8 Å². The van der Waals surface area contributed by atoms with Gasteiger partial charge in [0.05, 0.1) is 25.1 Å². The van der Waals surface area contributed by atoms with E-state index in [2.05, 4.69) is 4.72 Å². The summed E-state index contributed by atoms with van der Waals surface area (Å²) in [6.45, 7) is 1.19. The Bertz CT molecular complexity index is 852. The van der Waals surface area contributed by atoms with E-state index in [-0.39, 0.29) is 11.6 Å². The van der Waals surface area contributed by atoms with Crippen LogP contribution >= 0.6 is 0 Å². The molecule has 7 heteroatoms. The number of hydrogen-bond donors (Lipinski definition) is 1. The summed E-state index contributed by atoms with van der Waals surface area (Å²) in [5, 5.41) is 0. The van der Waals surface area contributed by atoms with Gasteiger partial charge < -0.3 is 9.47 Å². The van der Waals surface area contributed by atoms with Crippen LogP contribution in [0.5, 0.6) is 0 Å². The van der Waals surface area contributed by atoms with Crippen LogP contribution in [0.1, 0.15) is 16.7 Å². The molecule has 0 fully saturated rings. The highest BCUT2D eigenvalue weighted by Crippen LogP contribution is 2.22. The van der Waals surface area contributed by atoms with E-state index in [4.69, 9.17) is 9.47 Å². The van der Waals surface area contributed by atoms with Gasteiger partial charge in [-0.25, -0.2) is 12.8 Å². The second-order valence-electron chi connectivity index (χ2n) is 6.36. The molecule has 1 aliphatic rings.